The van der Waals surface area contributed by atoms with Crippen LogP contribution < -0.4 is 9.04 Å². The molecule has 0 aliphatic carbocycles. The van der Waals surface area contributed by atoms with Gasteiger partial charge in [0.2, 0.25) is 0 Å². The summed E-state index contributed by atoms with van der Waals surface area (Å²) in [4.78, 5) is 11.4. The Balaban J connectivity index is 1.81. The van der Waals surface area contributed by atoms with E-state index < -0.39 is 16.0 Å². The van der Waals surface area contributed by atoms with Gasteiger partial charge in [0.25, 0.3) is 10.0 Å². The fourth-order valence-electron chi connectivity index (χ4n) is 3.04. The number of esters is 1. The van der Waals surface area contributed by atoms with Crippen molar-refractivity contribution >= 4 is 21.7 Å². The van der Waals surface area contributed by atoms with E-state index in [1.165, 1.54) is 24.6 Å². The topological polar surface area (TPSA) is 85.4 Å². The van der Waals surface area contributed by atoms with E-state index in [-0.39, 0.29) is 23.6 Å². The van der Waals surface area contributed by atoms with E-state index in [9.17, 15) is 13.2 Å². The number of carbonyl (C=O) groups is 1. The molecule has 0 saturated carbocycles. The second-order valence-corrected chi connectivity index (χ2v) is 8.76. The summed E-state index contributed by atoms with van der Waals surface area (Å²) in [6.07, 6.45) is 3.03. The molecule has 1 fully saturated rings. The van der Waals surface area contributed by atoms with Gasteiger partial charge in [-0.3, -0.25) is 4.31 Å². The average Bonchev–Trinajstić information content (AvgIpc) is 3.50. The maximum atomic E-state index is 13.4. The molecule has 0 N–H and O–H groups in total. The lowest BCUT2D eigenvalue weighted by Gasteiger charge is -2.25. The van der Waals surface area contributed by atoms with Gasteiger partial charge in [-0.2, -0.15) is 0 Å². The van der Waals surface area contributed by atoms with E-state index >= 15 is 0 Å². The minimum atomic E-state index is -3.78. The van der Waals surface area contributed by atoms with Crippen LogP contribution >= 0.6 is 0 Å². The fraction of sp³-hybridized carbons (Fsp3) is 0.318. The molecular formula is C22H25NO6S. The summed E-state index contributed by atoms with van der Waals surface area (Å²) in [7, 11) is -0.939. The van der Waals surface area contributed by atoms with Crippen molar-refractivity contribution in [3.8, 4) is 5.75 Å². The maximum Gasteiger partial charge on any atom is 0.330 e. The second-order valence-electron chi connectivity index (χ2n) is 6.90. The van der Waals surface area contributed by atoms with Gasteiger partial charge in [-0.05, 0) is 43.7 Å². The highest BCUT2D eigenvalue weighted by Gasteiger charge is 2.38. The van der Waals surface area contributed by atoms with Crippen LogP contribution in [0.25, 0.3) is 0 Å². The highest BCUT2D eigenvalue weighted by atomic mass is 32.2. The zero-order chi connectivity index (χ0) is 21.7. The van der Waals surface area contributed by atoms with Gasteiger partial charge in [0.05, 0.1) is 30.9 Å². The normalized spacial score (nSPS) is 18.2. The number of methoxy groups -OCH3 is 2. The average molecular weight is 432 g/mol. The summed E-state index contributed by atoms with van der Waals surface area (Å²) in [5.74, 6) is 0.113. The first-order chi connectivity index (χ1) is 14.3. The van der Waals surface area contributed by atoms with Crippen LogP contribution in [0.2, 0.25) is 0 Å². The van der Waals surface area contributed by atoms with Crippen LogP contribution in [-0.2, 0) is 24.3 Å². The molecule has 1 saturated heterocycles. The third-order valence-electron chi connectivity index (χ3n) is 4.81. The van der Waals surface area contributed by atoms with Crippen molar-refractivity contribution < 1.29 is 27.4 Å². The number of ether oxygens (including phenoxy) is 3. The number of nitrogens with zero attached hydrogens (tertiary/aromatic N) is 1. The van der Waals surface area contributed by atoms with Crippen LogP contribution in [-0.4, -0.2) is 47.4 Å². The summed E-state index contributed by atoms with van der Waals surface area (Å²) in [5, 5.41) is 0. The fourth-order valence-corrected chi connectivity index (χ4v) is 4.51. The minimum absolute atomic E-state index is 0.160. The Morgan fingerprint density at radius 1 is 1.17 bits per heavy atom. The number of sulfonamides is 1. The Morgan fingerprint density at radius 3 is 2.57 bits per heavy atom. The SMILES string of the molecule is COC(=O)/C=C/C1OC1CCN(c1cccc(OC)c1)S(=O)(=O)c1ccc(C)cc1. The molecule has 1 aliphatic rings. The molecule has 1 aliphatic heterocycles. The molecule has 7 nitrogen and oxygen atoms in total. The standard InChI is InChI=1S/C22H25NO6S/c1-16-7-9-19(10-8-16)30(25,26)23(17-5-4-6-18(15-17)27-2)14-13-21-20(29-21)11-12-22(24)28-3/h4-12,15,20-21H,13-14H2,1-3H3/b12-11+. The van der Waals surface area contributed by atoms with Gasteiger partial charge in [0, 0.05) is 18.7 Å². The number of hydrogen-bond acceptors (Lipinski definition) is 6. The molecule has 2 unspecified atom stereocenters. The van der Waals surface area contributed by atoms with Crippen LogP contribution in [0.1, 0.15) is 12.0 Å². The van der Waals surface area contributed by atoms with Crippen LogP contribution in [0.3, 0.4) is 0 Å². The Kier molecular flexibility index (Phi) is 6.79. The minimum Gasteiger partial charge on any atom is -0.497 e. The quantitative estimate of drug-likeness (QED) is 0.345. The van der Waals surface area contributed by atoms with Gasteiger partial charge >= 0.3 is 5.97 Å². The third kappa shape index (κ3) is 5.20. The molecule has 30 heavy (non-hydrogen) atoms. The van der Waals surface area contributed by atoms with Crippen LogP contribution in [0, 0.1) is 6.92 Å². The Bertz CT molecular complexity index is 1020. The Hall–Kier alpha value is -2.84. The molecule has 1 heterocycles. The van der Waals surface area contributed by atoms with Gasteiger partial charge in [-0.15, -0.1) is 0 Å². The van der Waals surface area contributed by atoms with Gasteiger partial charge in [-0.25, -0.2) is 13.2 Å². The zero-order valence-corrected chi connectivity index (χ0v) is 18.0. The van der Waals surface area contributed by atoms with Crippen molar-refractivity contribution in [2.75, 3.05) is 25.1 Å². The molecule has 0 radical (unpaired) electrons. The number of aryl methyl sites for hydroxylation is 1. The van der Waals surface area contributed by atoms with E-state index in [0.29, 0.717) is 17.9 Å². The largest absolute Gasteiger partial charge is 0.497 e. The first-order valence-electron chi connectivity index (χ1n) is 9.50. The van der Waals surface area contributed by atoms with Gasteiger partial charge in [0.15, 0.2) is 0 Å². The number of benzene rings is 2. The zero-order valence-electron chi connectivity index (χ0n) is 17.1. The smallest absolute Gasteiger partial charge is 0.330 e. The van der Waals surface area contributed by atoms with Gasteiger partial charge < -0.3 is 14.2 Å². The van der Waals surface area contributed by atoms with Gasteiger partial charge in [0.1, 0.15) is 11.9 Å². The van der Waals surface area contributed by atoms with Crippen molar-refractivity contribution in [3.05, 3.63) is 66.2 Å². The van der Waals surface area contributed by atoms with Crippen molar-refractivity contribution in [2.45, 2.75) is 30.4 Å². The van der Waals surface area contributed by atoms with E-state index in [2.05, 4.69) is 4.74 Å². The van der Waals surface area contributed by atoms with Crippen molar-refractivity contribution in [2.24, 2.45) is 0 Å². The monoisotopic (exact) mass is 431 g/mol. The summed E-state index contributed by atoms with van der Waals surface area (Å²) in [5.41, 5.74) is 1.49. The molecule has 8 heteroatoms. The Labute approximate surface area is 176 Å². The molecule has 0 bridgehead atoms. The number of hydrogen-bond donors (Lipinski definition) is 0. The Morgan fingerprint density at radius 2 is 1.90 bits per heavy atom. The van der Waals surface area contributed by atoms with E-state index in [4.69, 9.17) is 9.47 Å². The molecule has 0 aromatic heterocycles. The first kappa shape index (κ1) is 21.9. The molecule has 0 spiro atoms. The predicted octanol–water partition coefficient (Wildman–Crippen LogP) is 3.09. The maximum absolute atomic E-state index is 13.4. The first-order valence-corrected chi connectivity index (χ1v) is 10.9. The number of anilines is 1. The lowest BCUT2D eigenvalue weighted by molar-refractivity contribution is -0.134. The number of rotatable bonds is 9. The molecule has 2 atom stereocenters. The molecule has 2 aromatic rings. The third-order valence-corrected chi connectivity index (χ3v) is 6.65. The van der Waals surface area contributed by atoms with Crippen molar-refractivity contribution in [1.82, 2.24) is 0 Å². The molecule has 0 amide bonds. The van der Waals surface area contributed by atoms with Crippen LogP contribution in [0.5, 0.6) is 5.75 Å². The van der Waals surface area contributed by atoms with E-state index in [1.54, 1.807) is 54.6 Å². The highest BCUT2D eigenvalue weighted by Crippen LogP contribution is 2.31. The van der Waals surface area contributed by atoms with Crippen molar-refractivity contribution in [3.63, 3.8) is 0 Å². The molecular weight excluding hydrogens is 406 g/mol. The molecule has 160 valence electrons. The van der Waals surface area contributed by atoms with E-state index in [0.717, 1.165) is 5.56 Å². The van der Waals surface area contributed by atoms with Crippen LogP contribution in [0.15, 0.2) is 65.6 Å². The van der Waals surface area contributed by atoms with E-state index in [1.807, 2.05) is 6.92 Å². The number of carbonyl (C=O) groups excluding carboxylic acids is 1. The lowest BCUT2D eigenvalue weighted by atomic mass is 10.2. The second kappa shape index (κ2) is 9.32. The molecule has 3 rings (SSSR count). The molecule has 2 aromatic carbocycles. The summed E-state index contributed by atoms with van der Waals surface area (Å²) >= 11 is 0. The van der Waals surface area contributed by atoms with Crippen LogP contribution in [0.4, 0.5) is 5.69 Å². The summed E-state index contributed by atoms with van der Waals surface area (Å²) in [6.45, 7) is 2.12. The number of epoxide rings is 1. The summed E-state index contributed by atoms with van der Waals surface area (Å²) in [6, 6.07) is 13.7. The predicted molar refractivity (Wildman–Crippen MR) is 113 cm³/mol. The lowest BCUT2D eigenvalue weighted by Crippen LogP contribution is -2.32. The summed E-state index contributed by atoms with van der Waals surface area (Å²) < 4.78 is 43.5. The van der Waals surface area contributed by atoms with Gasteiger partial charge in [-0.1, -0.05) is 23.8 Å². The van der Waals surface area contributed by atoms with Crippen molar-refractivity contribution in [1.29, 1.82) is 0 Å². The highest BCUT2D eigenvalue weighted by molar-refractivity contribution is 7.92.